The van der Waals surface area contributed by atoms with Crippen molar-refractivity contribution in [1.29, 1.82) is 0 Å². The zero-order valence-electron chi connectivity index (χ0n) is 10.1. The zero-order valence-corrected chi connectivity index (χ0v) is 10.9. The van der Waals surface area contributed by atoms with Crippen LogP contribution in [0.4, 0.5) is 9.93 Å². The van der Waals surface area contributed by atoms with E-state index >= 15 is 0 Å². The van der Waals surface area contributed by atoms with Crippen LogP contribution in [0.25, 0.3) is 0 Å². The fourth-order valence-corrected chi connectivity index (χ4v) is 2.90. The fraction of sp³-hybridized carbons (Fsp3) is 0.417. The first-order valence-corrected chi connectivity index (χ1v) is 6.64. The Hall–Kier alpha value is -2.07. The number of terminal acetylenes is 1. The van der Waals surface area contributed by atoms with E-state index in [0.717, 1.165) is 25.0 Å². The quantitative estimate of drug-likeness (QED) is 0.723. The van der Waals surface area contributed by atoms with E-state index in [9.17, 15) is 9.59 Å². The van der Waals surface area contributed by atoms with Crippen LogP contribution in [0.3, 0.4) is 0 Å². The van der Waals surface area contributed by atoms with Crippen LogP contribution >= 0.6 is 11.3 Å². The van der Waals surface area contributed by atoms with Gasteiger partial charge in [0.25, 0.3) is 0 Å². The van der Waals surface area contributed by atoms with E-state index in [-0.39, 0.29) is 6.42 Å². The summed E-state index contributed by atoms with van der Waals surface area (Å²) in [6.07, 6.45) is 8.02. The minimum Gasteiger partial charge on any atom is -0.480 e. The minimum atomic E-state index is -1.16. The summed E-state index contributed by atoms with van der Waals surface area (Å²) in [4.78, 5) is 28.0. The number of hydrogen-bond donors (Lipinski definition) is 3. The molecule has 0 spiro atoms. The number of urea groups is 1. The third kappa shape index (κ3) is 3.23. The monoisotopic (exact) mass is 279 g/mol. The first-order valence-electron chi connectivity index (χ1n) is 5.82. The van der Waals surface area contributed by atoms with Crippen LogP contribution < -0.4 is 10.6 Å². The lowest BCUT2D eigenvalue weighted by atomic mass is 10.2. The maximum Gasteiger partial charge on any atom is 0.327 e. The Labute approximate surface area is 114 Å². The van der Waals surface area contributed by atoms with Crippen LogP contribution in [-0.2, 0) is 17.6 Å². The van der Waals surface area contributed by atoms with Gasteiger partial charge < -0.3 is 10.4 Å². The first kappa shape index (κ1) is 13.4. The van der Waals surface area contributed by atoms with Gasteiger partial charge in [-0.05, 0) is 19.3 Å². The van der Waals surface area contributed by atoms with Gasteiger partial charge in [-0.3, -0.25) is 5.32 Å². The molecule has 2 rings (SSSR count). The van der Waals surface area contributed by atoms with Crippen molar-refractivity contribution in [1.82, 2.24) is 10.3 Å². The molecule has 0 aliphatic heterocycles. The highest BCUT2D eigenvalue weighted by molar-refractivity contribution is 7.15. The molecule has 0 saturated heterocycles. The molecule has 3 N–H and O–H groups in total. The highest BCUT2D eigenvalue weighted by Gasteiger charge is 2.21. The molecule has 0 radical (unpaired) electrons. The number of carboxylic acid groups (broad SMARTS) is 1. The molecular formula is C12H13N3O3S. The molecule has 1 aliphatic rings. The fourth-order valence-electron chi connectivity index (χ4n) is 1.85. The highest BCUT2D eigenvalue weighted by atomic mass is 32.1. The molecule has 0 aromatic carbocycles. The summed E-state index contributed by atoms with van der Waals surface area (Å²) in [5.74, 6) is 1.06. The molecule has 19 heavy (non-hydrogen) atoms. The molecule has 100 valence electrons. The molecule has 1 unspecified atom stereocenters. The lowest BCUT2D eigenvalue weighted by molar-refractivity contribution is -0.139. The van der Waals surface area contributed by atoms with Crippen LogP contribution in [0.1, 0.15) is 23.4 Å². The summed E-state index contributed by atoms with van der Waals surface area (Å²) >= 11 is 1.43. The number of hydrogen-bond acceptors (Lipinski definition) is 4. The number of thiazole rings is 1. The standard InChI is InChI=1S/C12H13N3O3S/c1-2-4-8(10(16)17)13-11(18)15-12-14-7-5-3-6-9(7)19-12/h1,8H,3-6H2,(H,16,17)(H2,13,14,15,18). The summed E-state index contributed by atoms with van der Waals surface area (Å²) in [5, 5.41) is 14.2. The maximum atomic E-state index is 11.6. The zero-order chi connectivity index (χ0) is 13.8. The Morgan fingerprint density at radius 2 is 2.32 bits per heavy atom. The van der Waals surface area contributed by atoms with Gasteiger partial charge in [0.05, 0.1) is 5.69 Å². The number of amides is 2. The van der Waals surface area contributed by atoms with Crippen molar-refractivity contribution in [3.63, 3.8) is 0 Å². The molecule has 1 atom stereocenters. The van der Waals surface area contributed by atoms with Crippen LogP contribution in [0.2, 0.25) is 0 Å². The number of nitrogens with one attached hydrogen (secondary N) is 2. The summed E-state index contributed by atoms with van der Waals surface area (Å²) in [5.41, 5.74) is 1.03. The van der Waals surface area contributed by atoms with Crippen LogP contribution in [0.5, 0.6) is 0 Å². The van der Waals surface area contributed by atoms with Crippen molar-refractivity contribution in [2.75, 3.05) is 5.32 Å². The molecule has 6 nitrogen and oxygen atoms in total. The summed E-state index contributed by atoms with van der Waals surface area (Å²) in [6, 6.07) is -1.69. The molecule has 1 heterocycles. The summed E-state index contributed by atoms with van der Waals surface area (Å²) in [6.45, 7) is 0. The second-order valence-corrected chi connectivity index (χ2v) is 5.22. The number of anilines is 1. The van der Waals surface area contributed by atoms with Crippen molar-refractivity contribution in [2.45, 2.75) is 31.7 Å². The lowest BCUT2D eigenvalue weighted by Crippen LogP contribution is -2.42. The van der Waals surface area contributed by atoms with E-state index < -0.39 is 18.0 Å². The molecule has 0 fully saturated rings. The van der Waals surface area contributed by atoms with Gasteiger partial charge in [0.1, 0.15) is 6.04 Å². The molecule has 0 saturated carbocycles. The van der Waals surface area contributed by atoms with Crippen LogP contribution in [0.15, 0.2) is 0 Å². The summed E-state index contributed by atoms with van der Waals surface area (Å²) in [7, 11) is 0. The van der Waals surface area contributed by atoms with E-state index in [2.05, 4.69) is 21.5 Å². The van der Waals surface area contributed by atoms with Crippen molar-refractivity contribution in [2.24, 2.45) is 0 Å². The number of rotatable bonds is 4. The average molecular weight is 279 g/mol. The summed E-state index contributed by atoms with van der Waals surface area (Å²) < 4.78 is 0. The maximum absolute atomic E-state index is 11.6. The number of carboxylic acids is 1. The Bertz CT molecular complexity index is 525. The van der Waals surface area contributed by atoms with Gasteiger partial charge in [0.15, 0.2) is 5.13 Å². The number of fused-ring (bicyclic) bond motifs is 1. The third-order valence-corrected chi connectivity index (χ3v) is 3.81. The second-order valence-electron chi connectivity index (χ2n) is 4.14. The second kappa shape index (κ2) is 5.71. The first-order chi connectivity index (χ1) is 9.10. The predicted molar refractivity (Wildman–Crippen MR) is 71.2 cm³/mol. The average Bonchev–Trinajstić information content (AvgIpc) is 2.88. The Morgan fingerprint density at radius 3 is 2.95 bits per heavy atom. The van der Waals surface area contributed by atoms with Crippen molar-refractivity contribution >= 4 is 28.5 Å². The largest absolute Gasteiger partial charge is 0.480 e. The Kier molecular flexibility index (Phi) is 4.02. The van der Waals surface area contributed by atoms with Gasteiger partial charge >= 0.3 is 12.0 Å². The minimum absolute atomic E-state index is 0.0584. The SMILES string of the molecule is C#CCC(NC(=O)Nc1nc2c(s1)CCC2)C(=O)O. The smallest absolute Gasteiger partial charge is 0.327 e. The highest BCUT2D eigenvalue weighted by Crippen LogP contribution is 2.30. The molecule has 7 heteroatoms. The van der Waals surface area contributed by atoms with Gasteiger partial charge in [-0.1, -0.05) is 0 Å². The van der Waals surface area contributed by atoms with Crippen molar-refractivity contribution < 1.29 is 14.7 Å². The number of carbonyl (C=O) groups excluding carboxylic acids is 1. The van der Waals surface area contributed by atoms with Crippen molar-refractivity contribution in [3.8, 4) is 12.3 Å². The lowest BCUT2D eigenvalue weighted by Gasteiger charge is -2.11. The predicted octanol–water partition coefficient (Wildman–Crippen LogP) is 1.23. The topological polar surface area (TPSA) is 91.3 Å². The van der Waals surface area contributed by atoms with E-state index in [1.165, 1.54) is 16.2 Å². The van der Waals surface area contributed by atoms with E-state index in [1.807, 2.05) is 0 Å². The van der Waals surface area contributed by atoms with Gasteiger partial charge in [-0.15, -0.1) is 23.7 Å². The van der Waals surface area contributed by atoms with Crippen LogP contribution in [0, 0.1) is 12.3 Å². The van der Waals surface area contributed by atoms with Gasteiger partial charge in [0, 0.05) is 11.3 Å². The number of aryl methyl sites for hydroxylation is 2. The third-order valence-electron chi connectivity index (χ3n) is 2.74. The number of aromatic nitrogens is 1. The molecule has 2 amide bonds. The number of aliphatic carboxylic acids is 1. The Balaban J connectivity index is 1.93. The normalized spacial score (nSPS) is 14.3. The van der Waals surface area contributed by atoms with Gasteiger partial charge in [-0.25, -0.2) is 14.6 Å². The number of nitrogens with zero attached hydrogens (tertiary/aromatic N) is 1. The van der Waals surface area contributed by atoms with E-state index in [4.69, 9.17) is 11.5 Å². The molecule has 1 aromatic rings. The Morgan fingerprint density at radius 1 is 1.53 bits per heavy atom. The van der Waals surface area contributed by atoms with E-state index in [0.29, 0.717) is 5.13 Å². The van der Waals surface area contributed by atoms with Crippen LogP contribution in [-0.4, -0.2) is 28.1 Å². The molecule has 0 bridgehead atoms. The molecule has 1 aliphatic carbocycles. The van der Waals surface area contributed by atoms with Gasteiger partial charge in [-0.2, -0.15) is 0 Å². The van der Waals surface area contributed by atoms with Crippen molar-refractivity contribution in [3.05, 3.63) is 10.6 Å². The van der Waals surface area contributed by atoms with E-state index in [1.54, 1.807) is 0 Å². The molecular weight excluding hydrogens is 266 g/mol. The molecule has 1 aromatic heterocycles. The van der Waals surface area contributed by atoms with Gasteiger partial charge in [0.2, 0.25) is 0 Å². The number of carbonyl (C=O) groups is 2.